The van der Waals surface area contributed by atoms with Crippen LogP contribution in [0.4, 0.5) is 5.69 Å². The summed E-state index contributed by atoms with van der Waals surface area (Å²) >= 11 is 0. The van der Waals surface area contributed by atoms with E-state index in [-0.39, 0.29) is 22.5 Å². The molecule has 1 aliphatic heterocycles. The van der Waals surface area contributed by atoms with Crippen molar-refractivity contribution in [2.45, 2.75) is 58.9 Å². The van der Waals surface area contributed by atoms with Gasteiger partial charge in [-0.1, -0.05) is 71.0 Å². The van der Waals surface area contributed by atoms with Crippen molar-refractivity contribution in [1.82, 2.24) is 0 Å². The summed E-state index contributed by atoms with van der Waals surface area (Å²) in [4.78, 5) is 28.3. The van der Waals surface area contributed by atoms with Crippen molar-refractivity contribution in [3.8, 4) is 5.75 Å². The van der Waals surface area contributed by atoms with Gasteiger partial charge in [-0.25, -0.2) is 0 Å². The minimum atomic E-state index is -0.840. The van der Waals surface area contributed by atoms with Crippen LogP contribution in [0.15, 0.2) is 72.3 Å². The number of amides is 1. The van der Waals surface area contributed by atoms with Crippen molar-refractivity contribution in [3.63, 3.8) is 0 Å². The number of aromatic hydroxyl groups is 1. The fourth-order valence-electron chi connectivity index (χ4n) is 4.58. The molecule has 0 saturated carbocycles. The van der Waals surface area contributed by atoms with Gasteiger partial charge in [-0.05, 0) is 70.8 Å². The fraction of sp³-hybridized carbons (Fsp3) is 0.290. The molecular formula is C31H33NO4. The third kappa shape index (κ3) is 4.53. The molecule has 0 aromatic heterocycles. The van der Waals surface area contributed by atoms with Crippen LogP contribution in [0.2, 0.25) is 0 Å². The van der Waals surface area contributed by atoms with Crippen LogP contribution in [0.1, 0.15) is 74.4 Å². The van der Waals surface area contributed by atoms with Gasteiger partial charge < -0.3 is 10.2 Å². The van der Waals surface area contributed by atoms with E-state index in [1.165, 1.54) is 17.0 Å². The first-order chi connectivity index (χ1) is 16.9. The summed E-state index contributed by atoms with van der Waals surface area (Å²) in [7, 11) is 0. The van der Waals surface area contributed by atoms with Gasteiger partial charge >= 0.3 is 0 Å². The lowest BCUT2D eigenvalue weighted by molar-refractivity contribution is -0.132. The number of aryl methyl sites for hydroxylation is 1. The van der Waals surface area contributed by atoms with Crippen LogP contribution in [0.5, 0.6) is 5.75 Å². The van der Waals surface area contributed by atoms with E-state index in [9.17, 15) is 19.8 Å². The summed E-state index contributed by atoms with van der Waals surface area (Å²) in [6.07, 6.45) is 0. The molecule has 2 N–H and O–H groups in total. The summed E-state index contributed by atoms with van der Waals surface area (Å²) in [6, 6.07) is 18.9. The summed E-state index contributed by atoms with van der Waals surface area (Å²) < 4.78 is 0. The van der Waals surface area contributed by atoms with Crippen molar-refractivity contribution in [2.75, 3.05) is 4.90 Å². The Morgan fingerprint density at radius 3 is 2.08 bits per heavy atom. The lowest BCUT2D eigenvalue weighted by Crippen LogP contribution is -2.29. The molecule has 5 heteroatoms. The maximum absolute atomic E-state index is 13.5. The average Bonchev–Trinajstić information content (AvgIpc) is 3.09. The highest BCUT2D eigenvalue weighted by molar-refractivity contribution is 6.51. The molecule has 186 valence electrons. The van der Waals surface area contributed by atoms with Gasteiger partial charge in [0.15, 0.2) is 0 Å². The highest BCUT2D eigenvalue weighted by atomic mass is 16.3. The van der Waals surface area contributed by atoms with Crippen molar-refractivity contribution >= 4 is 23.1 Å². The van der Waals surface area contributed by atoms with Crippen LogP contribution >= 0.6 is 0 Å². The molecule has 3 aromatic carbocycles. The maximum atomic E-state index is 13.5. The largest absolute Gasteiger partial charge is 0.508 e. The molecule has 0 radical (unpaired) electrons. The first-order valence-electron chi connectivity index (χ1n) is 12.2. The number of carbonyl (C=O) groups is 2. The number of aliphatic hydroxyl groups excluding tert-OH is 1. The summed E-state index contributed by atoms with van der Waals surface area (Å²) in [5.74, 6) is -1.24. The van der Waals surface area contributed by atoms with Gasteiger partial charge in [0.05, 0.1) is 11.6 Å². The number of nitrogens with zero attached hydrogens (tertiary/aromatic N) is 1. The van der Waals surface area contributed by atoms with Crippen LogP contribution < -0.4 is 4.90 Å². The van der Waals surface area contributed by atoms with Gasteiger partial charge in [-0.15, -0.1) is 0 Å². The van der Waals surface area contributed by atoms with Gasteiger partial charge in [-0.3, -0.25) is 14.5 Å². The minimum absolute atomic E-state index is 0.0350. The number of phenolic OH excluding ortho intramolecular Hbond substituents is 1. The van der Waals surface area contributed by atoms with Gasteiger partial charge in [-0.2, -0.15) is 0 Å². The first kappa shape index (κ1) is 25.2. The average molecular weight is 484 g/mol. The normalized spacial score (nSPS) is 17.8. The monoisotopic (exact) mass is 483 g/mol. The van der Waals surface area contributed by atoms with Gasteiger partial charge in [0, 0.05) is 11.3 Å². The molecule has 1 heterocycles. The van der Waals surface area contributed by atoms with E-state index < -0.39 is 17.7 Å². The molecule has 1 amide bonds. The van der Waals surface area contributed by atoms with Gasteiger partial charge in [0.1, 0.15) is 11.5 Å². The van der Waals surface area contributed by atoms with Crippen molar-refractivity contribution in [3.05, 3.63) is 100 Å². The number of hydrogen-bond donors (Lipinski definition) is 2. The zero-order valence-corrected chi connectivity index (χ0v) is 21.7. The summed E-state index contributed by atoms with van der Waals surface area (Å²) in [5.41, 5.74) is 4.51. The van der Waals surface area contributed by atoms with Crippen LogP contribution in [-0.4, -0.2) is 21.9 Å². The van der Waals surface area contributed by atoms with E-state index in [2.05, 4.69) is 34.6 Å². The Bertz CT molecular complexity index is 1340. The molecule has 1 unspecified atom stereocenters. The molecule has 0 aliphatic carbocycles. The molecule has 5 nitrogen and oxygen atoms in total. The third-order valence-corrected chi connectivity index (χ3v) is 6.85. The molecule has 1 fully saturated rings. The molecule has 0 spiro atoms. The molecule has 1 aliphatic rings. The maximum Gasteiger partial charge on any atom is 0.300 e. The zero-order chi connectivity index (χ0) is 26.4. The number of anilines is 1. The number of aliphatic hydroxyl groups is 1. The Morgan fingerprint density at radius 1 is 0.917 bits per heavy atom. The minimum Gasteiger partial charge on any atom is -0.508 e. The number of hydrogen-bond acceptors (Lipinski definition) is 4. The summed E-state index contributed by atoms with van der Waals surface area (Å²) in [6.45, 7) is 12.3. The number of Topliss-reactive ketones (excluding diaryl/α,β-unsaturated/α-hetero) is 1. The van der Waals surface area contributed by atoms with Crippen LogP contribution in [0, 0.1) is 6.92 Å². The molecule has 3 aromatic rings. The second-order valence-corrected chi connectivity index (χ2v) is 10.8. The highest BCUT2D eigenvalue weighted by Gasteiger charge is 2.47. The Hall–Kier alpha value is -3.86. The van der Waals surface area contributed by atoms with Crippen molar-refractivity contribution in [1.29, 1.82) is 0 Å². The number of phenols is 1. The van der Waals surface area contributed by atoms with E-state index in [0.717, 1.165) is 16.7 Å². The quantitative estimate of drug-likeness (QED) is 0.244. The predicted molar refractivity (Wildman–Crippen MR) is 143 cm³/mol. The number of carbonyl (C=O) groups excluding carboxylic acids is 2. The van der Waals surface area contributed by atoms with E-state index in [1.54, 1.807) is 12.1 Å². The van der Waals surface area contributed by atoms with E-state index in [0.29, 0.717) is 22.7 Å². The standard InChI is InChI=1S/C31H33NO4/c1-18(2)20-8-13-23(14-9-20)32-27(21-10-15-24(33)16-11-21)26(29(35)30(32)36)28(34)25-17-22(31(4,5)6)12-7-19(25)3/h7-18,27,33-34H,1-6H3/b28-26+. The lowest BCUT2D eigenvalue weighted by Gasteiger charge is -2.26. The zero-order valence-electron chi connectivity index (χ0n) is 21.7. The smallest absolute Gasteiger partial charge is 0.300 e. The highest BCUT2D eigenvalue weighted by Crippen LogP contribution is 2.43. The van der Waals surface area contributed by atoms with E-state index in [1.807, 2.05) is 49.4 Å². The number of benzene rings is 3. The topological polar surface area (TPSA) is 77.8 Å². The van der Waals surface area contributed by atoms with Crippen LogP contribution in [-0.2, 0) is 15.0 Å². The van der Waals surface area contributed by atoms with Gasteiger partial charge in [0.2, 0.25) is 0 Å². The van der Waals surface area contributed by atoms with E-state index in [4.69, 9.17) is 0 Å². The lowest BCUT2D eigenvalue weighted by atomic mass is 9.84. The van der Waals surface area contributed by atoms with E-state index >= 15 is 0 Å². The van der Waals surface area contributed by atoms with Crippen molar-refractivity contribution < 1.29 is 19.8 Å². The Morgan fingerprint density at radius 2 is 1.53 bits per heavy atom. The SMILES string of the molecule is Cc1ccc(C(C)(C)C)cc1/C(O)=C1\C(=O)C(=O)N(c2ccc(C(C)C)cc2)C1c1ccc(O)cc1. The van der Waals surface area contributed by atoms with Crippen molar-refractivity contribution in [2.24, 2.45) is 0 Å². The molecule has 0 bridgehead atoms. The number of rotatable bonds is 4. The van der Waals surface area contributed by atoms with Gasteiger partial charge in [0.25, 0.3) is 11.7 Å². The second kappa shape index (κ2) is 9.30. The third-order valence-electron chi connectivity index (χ3n) is 6.85. The predicted octanol–water partition coefficient (Wildman–Crippen LogP) is 6.75. The van der Waals surface area contributed by atoms with Crippen LogP contribution in [0.25, 0.3) is 5.76 Å². The molecule has 36 heavy (non-hydrogen) atoms. The molecule has 1 saturated heterocycles. The number of ketones is 1. The first-order valence-corrected chi connectivity index (χ1v) is 12.2. The molecule has 4 rings (SSSR count). The Labute approximate surface area is 212 Å². The Kier molecular flexibility index (Phi) is 6.52. The molecule has 1 atom stereocenters. The Balaban J connectivity index is 1.95. The summed E-state index contributed by atoms with van der Waals surface area (Å²) in [5, 5.41) is 21.4. The fourth-order valence-corrected chi connectivity index (χ4v) is 4.58. The second-order valence-electron chi connectivity index (χ2n) is 10.8. The van der Waals surface area contributed by atoms with Crippen LogP contribution in [0.3, 0.4) is 0 Å². The molecular weight excluding hydrogens is 450 g/mol.